The summed E-state index contributed by atoms with van der Waals surface area (Å²) in [4.78, 5) is 0. The summed E-state index contributed by atoms with van der Waals surface area (Å²) in [6.07, 6.45) is 1.86. The summed E-state index contributed by atoms with van der Waals surface area (Å²) in [5.74, 6) is 0.861. The maximum absolute atomic E-state index is 8.94. The quantitative estimate of drug-likeness (QED) is 0.777. The Balaban J connectivity index is 2.49. The Morgan fingerprint density at radius 2 is 2.11 bits per heavy atom. The van der Waals surface area contributed by atoms with Crippen molar-refractivity contribution in [2.75, 3.05) is 19.0 Å². The topological polar surface area (TPSA) is 45.0 Å². The van der Waals surface area contributed by atoms with Gasteiger partial charge in [-0.2, -0.15) is 5.26 Å². The third-order valence-electron chi connectivity index (χ3n) is 2.95. The molecule has 0 spiro atoms. The predicted molar refractivity (Wildman–Crippen MR) is 74.8 cm³/mol. The molecule has 0 fully saturated rings. The number of nitriles is 1. The van der Waals surface area contributed by atoms with Crippen molar-refractivity contribution < 1.29 is 4.74 Å². The number of anilines is 1. The Morgan fingerprint density at radius 1 is 1.39 bits per heavy atom. The minimum atomic E-state index is -0.238. The molecule has 0 atom stereocenters. The predicted octanol–water partition coefficient (Wildman–Crippen LogP) is 3.75. The zero-order valence-corrected chi connectivity index (χ0v) is 11.7. The van der Waals surface area contributed by atoms with E-state index in [0.29, 0.717) is 0 Å². The monoisotopic (exact) mass is 246 g/mol. The molecule has 0 saturated carbocycles. The number of benzene rings is 1. The van der Waals surface area contributed by atoms with Crippen LogP contribution in [0.25, 0.3) is 0 Å². The number of aryl methyl sites for hydroxylation is 1. The lowest BCUT2D eigenvalue weighted by molar-refractivity contribution is 0.415. The lowest BCUT2D eigenvalue weighted by Crippen LogP contribution is -2.11. The first-order valence-electron chi connectivity index (χ1n) is 6.28. The first kappa shape index (κ1) is 14.4. The van der Waals surface area contributed by atoms with Crippen molar-refractivity contribution in [1.29, 1.82) is 5.26 Å². The highest BCUT2D eigenvalue weighted by atomic mass is 16.5. The fourth-order valence-corrected chi connectivity index (χ4v) is 1.77. The van der Waals surface area contributed by atoms with Gasteiger partial charge in [0.15, 0.2) is 0 Å². The molecule has 0 saturated heterocycles. The van der Waals surface area contributed by atoms with Gasteiger partial charge in [0.1, 0.15) is 5.75 Å². The second kappa shape index (κ2) is 6.30. The molecule has 1 N–H and O–H groups in total. The Labute approximate surface area is 110 Å². The third-order valence-corrected chi connectivity index (χ3v) is 2.95. The van der Waals surface area contributed by atoms with Gasteiger partial charge in [0.05, 0.1) is 24.3 Å². The molecule has 0 aliphatic rings. The number of ether oxygens (including phenoxy) is 1. The van der Waals surface area contributed by atoms with Crippen LogP contribution in [0, 0.1) is 23.7 Å². The average Bonchev–Trinajstić information content (AvgIpc) is 2.35. The summed E-state index contributed by atoms with van der Waals surface area (Å²) < 4.78 is 5.30. The molecule has 0 bridgehead atoms. The molecular formula is C15H22N2O. The van der Waals surface area contributed by atoms with Crippen molar-refractivity contribution >= 4 is 5.69 Å². The SMILES string of the molecule is COc1ccc(C)cc1NCCCC(C)(C)C#N. The van der Waals surface area contributed by atoms with E-state index in [1.807, 2.05) is 26.0 Å². The van der Waals surface area contributed by atoms with Gasteiger partial charge in [-0.3, -0.25) is 0 Å². The maximum atomic E-state index is 8.94. The van der Waals surface area contributed by atoms with Crippen LogP contribution in [0.4, 0.5) is 5.69 Å². The fraction of sp³-hybridized carbons (Fsp3) is 0.533. The van der Waals surface area contributed by atoms with Crippen molar-refractivity contribution in [2.24, 2.45) is 5.41 Å². The van der Waals surface area contributed by atoms with Crippen LogP contribution in [0.3, 0.4) is 0 Å². The summed E-state index contributed by atoms with van der Waals surface area (Å²) in [5.41, 5.74) is 1.99. The molecule has 0 heterocycles. The molecule has 1 aromatic rings. The zero-order chi connectivity index (χ0) is 13.6. The maximum Gasteiger partial charge on any atom is 0.141 e. The molecule has 0 amide bonds. The Bertz CT molecular complexity index is 433. The standard InChI is InChI=1S/C15H22N2O/c1-12-6-7-14(18-4)13(10-12)17-9-5-8-15(2,3)11-16/h6-7,10,17H,5,8-9H2,1-4H3. The average molecular weight is 246 g/mol. The Hall–Kier alpha value is -1.69. The Morgan fingerprint density at radius 3 is 2.72 bits per heavy atom. The minimum Gasteiger partial charge on any atom is -0.495 e. The van der Waals surface area contributed by atoms with E-state index in [2.05, 4.69) is 24.4 Å². The van der Waals surface area contributed by atoms with Crippen LogP contribution >= 0.6 is 0 Å². The summed E-state index contributed by atoms with van der Waals surface area (Å²) in [6, 6.07) is 8.40. The zero-order valence-electron chi connectivity index (χ0n) is 11.7. The second-order valence-electron chi connectivity index (χ2n) is 5.23. The third kappa shape index (κ3) is 4.29. The van der Waals surface area contributed by atoms with Gasteiger partial charge in [0, 0.05) is 6.54 Å². The molecule has 1 rings (SSSR count). The van der Waals surface area contributed by atoms with Crippen molar-refractivity contribution in [3.8, 4) is 11.8 Å². The first-order valence-corrected chi connectivity index (χ1v) is 6.28. The van der Waals surface area contributed by atoms with E-state index in [9.17, 15) is 0 Å². The number of hydrogen-bond donors (Lipinski definition) is 1. The van der Waals surface area contributed by atoms with E-state index in [-0.39, 0.29) is 5.41 Å². The first-order chi connectivity index (χ1) is 8.48. The highest BCUT2D eigenvalue weighted by molar-refractivity contribution is 5.57. The normalized spacial score (nSPS) is 10.8. The molecule has 0 aliphatic carbocycles. The van der Waals surface area contributed by atoms with Gasteiger partial charge in [0.2, 0.25) is 0 Å². The van der Waals surface area contributed by atoms with E-state index in [4.69, 9.17) is 10.00 Å². The number of methoxy groups -OCH3 is 1. The number of nitrogens with zero attached hydrogens (tertiary/aromatic N) is 1. The van der Waals surface area contributed by atoms with Gasteiger partial charge in [-0.15, -0.1) is 0 Å². The molecule has 98 valence electrons. The summed E-state index contributed by atoms with van der Waals surface area (Å²) >= 11 is 0. The van der Waals surface area contributed by atoms with Gasteiger partial charge >= 0.3 is 0 Å². The summed E-state index contributed by atoms with van der Waals surface area (Å²) in [7, 11) is 1.68. The lowest BCUT2D eigenvalue weighted by atomic mass is 9.90. The second-order valence-corrected chi connectivity index (χ2v) is 5.23. The molecular weight excluding hydrogens is 224 g/mol. The molecule has 18 heavy (non-hydrogen) atoms. The van der Waals surface area contributed by atoms with E-state index in [1.54, 1.807) is 7.11 Å². The molecule has 3 heteroatoms. The molecule has 0 aromatic heterocycles. The fourth-order valence-electron chi connectivity index (χ4n) is 1.77. The van der Waals surface area contributed by atoms with Crippen LogP contribution in [0.15, 0.2) is 18.2 Å². The van der Waals surface area contributed by atoms with E-state index < -0.39 is 0 Å². The molecule has 1 aromatic carbocycles. The highest BCUT2D eigenvalue weighted by Crippen LogP contribution is 2.26. The van der Waals surface area contributed by atoms with Gasteiger partial charge in [-0.1, -0.05) is 6.07 Å². The smallest absolute Gasteiger partial charge is 0.141 e. The minimum absolute atomic E-state index is 0.238. The molecule has 3 nitrogen and oxygen atoms in total. The lowest BCUT2D eigenvalue weighted by Gasteiger charge is -2.16. The van der Waals surface area contributed by atoms with Crippen LogP contribution < -0.4 is 10.1 Å². The van der Waals surface area contributed by atoms with Crippen LogP contribution in [0.1, 0.15) is 32.3 Å². The van der Waals surface area contributed by atoms with E-state index >= 15 is 0 Å². The van der Waals surface area contributed by atoms with Gasteiger partial charge in [0.25, 0.3) is 0 Å². The molecule has 0 radical (unpaired) electrons. The summed E-state index contributed by atoms with van der Waals surface area (Å²) in [5, 5.41) is 12.3. The van der Waals surface area contributed by atoms with E-state index in [0.717, 1.165) is 30.8 Å². The van der Waals surface area contributed by atoms with Crippen LogP contribution in [0.5, 0.6) is 5.75 Å². The number of hydrogen-bond acceptors (Lipinski definition) is 3. The van der Waals surface area contributed by atoms with Crippen molar-refractivity contribution in [2.45, 2.75) is 33.6 Å². The van der Waals surface area contributed by atoms with Crippen molar-refractivity contribution in [3.05, 3.63) is 23.8 Å². The summed E-state index contributed by atoms with van der Waals surface area (Å²) in [6.45, 7) is 6.86. The van der Waals surface area contributed by atoms with Crippen LogP contribution in [-0.4, -0.2) is 13.7 Å². The van der Waals surface area contributed by atoms with Crippen LogP contribution in [-0.2, 0) is 0 Å². The van der Waals surface area contributed by atoms with Gasteiger partial charge < -0.3 is 10.1 Å². The molecule has 0 aliphatic heterocycles. The van der Waals surface area contributed by atoms with E-state index in [1.165, 1.54) is 5.56 Å². The Kier molecular flexibility index (Phi) is 5.03. The van der Waals surface area contributed by atoms with Crippen molar-refractivity contribution in [1.82, 2.24) is 0 Å². The number of nitrogens with one attached hydrogen (secondary N) is 1. The van der Waals surface area contributed by atoms with Gasteiger partial charge in [-0.25, -0.2) is 0 Å². The van der Waals surface area contributed by atoms with Gasteiger partial charge in [-0.05, 0) is 51.3 Å². The number of rotatable bonds is 6. The highest BCUT2D eigenvalue weighted by Gasteiger charge is 2.15. The van der Waals surface area contributed by atoms with Crippen molar-refractivity contribution in [3.63, 3.8) is 0 Å². The van der Waals surface area contributed by atoms with Crippen LogP contribution in [0.2, 0.25) is 0 Å². The largest absolute Gasteiger partial charge is 0.495 e. The molecule has 0 unspecified atom stereocenters.